The third kappa shape index (κ3) is 2.39. The molecule has 1 N–H and O–H groups in total. The van der Waals surface area contributed by atoms with Crippen LogP contribution in [0.4, 0.5) is 0 Å². The number of carboxylic acids is 1. The number of nitrogens with zero attached hydrogens (tertiary/aromatic N) is 2. The zero-order chi connectivity index (χ0) is 16.7. The van der Waals surface area contributed by atoms with Gasteiger partial charge in [0.15, 0.2) is 10.7 Å². The number of imidazole rings is 1. The molecular formula is C17H18N2O3S. The molecule has 0 unspecified atom stereocenters. The van der Waals surface area contributed by atoms with E-state index in [0.29, 0.717) is 5.69 Å². The molecule has 0 saturated heterocycles. The van der Waals surface area contributed by atoms with Crippen LogP contribution in [0.5, 0.6) is 5.75 Å². The summed E-state index contributed by atoms with van der Waals surface area (Å²) in [6.07, 6.45) is 0.826. The number of hydrogen-bond donors (Lipinski definition) is 1. The van der Waals surface area contributed by atoms with Gasteiger partial charge < -0.3 is 9.84 Å². The van der Waals surface area contributed by atoms with Crippen LogP contribution in [0.2, 0.25) is 0 Å². The Morgan fingerprint density at radius 2 is 2.13 bits per heavy atom. The minimum absolute atomic E-state index is 0.236. The van der Waals surface area contributed by atoms with E-state index in [1.54, 1.807) is 29.8 Å². The quantitative estimate of drug-likeness (QED) is 0.787. The summed E-state index contributed by atoms with van der Waals surface area (Å²) in [5.41, 5.74) is 3.68. The number of methoxy groups -OCH3 is 1. The zero-order valence-corrected chi connectivity index (χ0v) is 14.3. The first-order valence-electron chi connectivity index (χ1n) is 7.37. The number of aromatic carboxylic acids is 1. The Morgan fingerprint density at radius 3 is 2.70 bits per heavy atom. The van der Waals surface area contributed by atoms with Crippen molar-refractivity contribution in [1.82, 2.24) is 9.38 Å². The van der Waals surface area contributed by atoms with E-state index in [0.717, 1.165) is 38.8 Å². The van der Waals surface area contributed by atoms with Crippen molar-refractivity contribution < 1.29 is 14.6 Å². The third-order valence-electron chi connectivity index (χ3n) is 3.92. The lowest BCUT2D eigenvalue weighted by Gasteiger charge is -2.09. The number of ether oxygens (including phenoxy) is 1. The average Bonchev–Trinajstić information content (AvgIpc) is 3.00. The fraction of sp³-hybridized carbons (Fsp3) is 0.294. The molecule has 23 heavy (non-hydrogen) atoms. The predicted octanol–water partition coefficient (Wildman–Crippen LogP) is 3.95. The summed E-state index contributed by atoms with van der Waals surface area (Å²) in [4.78, 5) is 17.9. The zero-order valence-electron chi connectivity index (χ0n) is 13.5. The molecule has 120 valence electrons. The summed E-state index contributed by atoms with van der Waals surface area (Å²) >= 11 is 1.54. The molecule has 0 aliphatic rings. The van der Waals surface area contributed by atoms with Gasteiger partial charge in [0.25, 0.3) is 0 Å². The molecule has 0 bridgehead atoms. The second kappa shape index (κ2) is 5.70. The predicted molar refractivity (Wildman–Crippen MR) is 90.9 cm³/mol. The molecule has 0 spiro atoms. The van der Waals surface area contributed by atoms with E-state index in [4.69, 9.17) is 4.74 Å². The van der Waals surface area contributed by atoms with Gasteiger partial charge >= 0.3 is 5.97 Å². The van der Waals surface area contributed by atoms with Crippen LogP contribution >= 0.6 is 11.3 Å². The lowest BCUT2D eigenvalue weighted by atomic mass is 10.1. The molecular weight excluding hydrogens is 312 g/mol. The van der Waals surface area contributed by atoms with Gasteiger partial charge in [-0.2, -0.15) is 0 Å². The molecule has 0 radical (unpaired) electrons. The number of rotatable bonds is 4. The lowest BCUT2D eigenvalue weighted by molar-refractivity contribution is 0.0688. The summed E-state index contributed by atoms with van der Waals surface area (Å²) in [6.45, 7) is 5.78. The largest absolute Gasteiger partial charge is 0.496 e. The van der Waals surface area contributed by atoms with E-state index in [2.05, 4.69) is 11.9 Å². The molecule has 1 aromatic carbocycles. The number of fused-ring (bicyclic) bond motifs is 1. The van der Waals surface area contributed by atoms with E-state index < -0.39 is 5.97 Å². The minimum Gasteiger partial charge on any atom is -0.496 e. The fourth-order valence-electron chi connectivity index (χ4n) is 2.87. The number of aromatic nitrogens is 2. The monoisotopic (exact) mass is 330 g/mol. The van der Waals surface area contributed by atoms with Crippen molar-refractivity contribution >= 4 is 22.3 Å². The van der Waals surface area contributed by atoms with Crippen molar-refractivity contribution in [3.63, 3.8) is 0 Å². The Labute approximate surface area is 138 Å². The topological polar surface area (TPSA) is 63.8 Å². The van der Waals surface area contributed by atoms with Crippen LogP contribution < -0.4 is 4.74 Å². The van der Waals surface area contributed by atoms with Gasteiger partial charge in [0, 0.05) is 10.4 Å². The molecule has 0 atom stereocenters. The van der Waals surface area contributed by atoms with E-state index in [1.165, 1.54) is 0 Å². The van der Waals surface area contributed by atoms with Gasteiger partial charge in [0.2, 0.25) is 0 Å². The first-order valence-corrected chi connectivity index (χ1v) is 8.18. The summed E-state index contributed by atoms with van der Waals surface area (Å²) in [7, 11) is 1.64. The van der Waals surface area contributed by atoms with Gasteiger partial charge in [0.05, 0.1) is 18.5 Å². The average molecular weight is 330 g/mol. The highest BCUT2D eigenvalue weighted by atomic mass is 32.1. The van der Waals surface area contributed by atoms with Crippen LogP contribution in [0.25, 0.3) is 16.2 Å². The molecule has 2 heterocycles. The molecule has 0 amide bonds. The van der Waals surface area contributed by atoms with Crippen molar-refractivity contribution in [2.24, 2.45) is 0 Å². The summed E-state index contributed by atoms with van der Waals surface area (Å²) in [5, 5.41) is 9.57. The second-order valence-corrected chi connectivity index (χ2v) is 6.44. The fourth-order valence-corrected chi connectivity index (χ4v) is 4.00. The highest BCUT2D eigenvalue weighted by Gasteiger charge is 2.23. The third-order valence-corrected chi connectivity index (χ3v) is 5.10. The maximum atomic E-state index is 11.7. The maximum Gasteiger partial charge on any atom is 0.354 e. The molecule has 0 fully saturated rings. The second-order valence-electron chi connectivity index (χ2n) is 5.38. The van der Waals surface area contributed by atoms with Crippen molar-refractivity contribution in [3.05, 3.63) is 40.0 Å². The van der Waals surface area contributed by atoms with Gasteiger partial charge in [0.1, 0.15) is 5.75 Å². The van der Waals surface area contributed by atoms with Gasteiger partial charge in [-0.1, -0.05) is 6.92 Å². The van der Waals surface area contributed by atoms with Crippen LogP contribution in [0.15, 0.2) is 18.2 Å². The Bertz CT molecular complexity index is 908. The minimum atomic E-state index is -0.957. The van der Waals surface area contributed by atoms with Crippen LogP contribution in [-0.4, -0.2) is 27.6 Å². The molecule has 0 saturated carbocycles. The normalized spacial score (nSPS) is 11.1. The van der Waals surface area contributed by atoms with Crippen LogP contribution in [0, 0.1) is 13.8 Å². The van der Waals surface area contributed by atoms with Crippen LogP contribution in [0.1, 0.15) is 33.5 Å². The number of carbonyl (C=O) groups is 1. The van der Waals surface area contributed by atoms with Gasteiger partial charge in [-0.05, 0) is 44.0 Å². The van der Waals surface area contributed by atoms with Crippen molar-refractivity contribution in [1.29, 1.82) is 0 Å². The molecule has 2 aromatic heterocycles. The lowest BCUT2D eigenvalue weighted by Crippen LogP contribution is -2.05. The number of thiazole rings is 1. The van der Waals surface area contributed by atoms with Crippen molar-refractivity contribution in [2.45, 2.75) is 27.2 Å². The first-order chi connectivity index (χ1) is 11.0. The smallest absolute Gasteiger partial charge is 0.354 e. The van der Waals surface area contributed by atoms with Gasteiger partial charge in [-0.15, -0.1) is 11.3 Å². The SMILES string of the molecule is CCc1sc2nc(C)c(C(=O)O)n2c1-c1ccc(OC)c(C)c1. The van der Waals surface area contributed by atoms with Crippen LogP contribution in [0.3, 0.4) is 0 Å². The van der Waals surface area contributed by atoms with Gasteiger partial charge in [-0.25, -0.2) is 9.78 Å². The number of benzene rings is 1. The van der Waals surface area contributed by atoms with E-state index in [1.807, 2.05) is 25.1 Å². The summed E-state index contributed by atoms with van der Waals surface area (Å²) in [6, 6.07) is 5.91. The Hall–Kier alpha value is -2.34. The molecule has 5 nitrogen and oxygen atoms in total. The molecule has 0 aliphatic carbocycles. The molecule has 3 aromatic rings. The number of aryl methyl sites for hydroxylation is 3. The highest BCUT2D eigenvalue weighted by molar-refractivity contribution is 7.17. The number of hydrogen-bond acceptors (Lipinski definition) is 4. The Morgan fingerprint density at radius 1 is 1.39 bits per heavy atom. The standard InChI is InChI=1S/C17H18N2O3S/c1-5-13-15(11-6-7-12(22-4)9(2)8-11)19-14(16(20)21)10(3)18-17(19)23-13/h6-8H,5H2,1-4H3,(H,20,21). The van der Waals surface area contributed by atoms with Crippen molar-refractivity contribution in [2.75, 3.05) is 7.11 Å². The summed E-state index contributed by atoms with van der Waals surface area (Å²) in [5.74, 6) is -0.138. The van der Waals surface area contributed by atoms with Crippen molar-refractivity contribution in [3.8, 4) is 17.0 Å². The van der Waals surface area contributed by atoms with E-state index >= 15 is 0 Å². The first kappa shape index (κ1) is 15.6. The Kier molecular flexibility index (Phi) is 3.85. The van der Waals surface area contributed by atoms with E-state index in [9.17, 15) is 9.90 Å². The highest BCUT2D eigenvalue weighted by Crippen LogP contribution is 2.36. The maximum absolute atomic E-state index is 11.7. The summed E-state index contributed by atoms with van der Waals surface area (Å²) < 4.78 is 7.08. The molecule has 6 heteroatoms. The molecule has 3 rings (SSSR count). The van der Waals surface area contributed by atoms with E-state index in [-0.39, 0.29) is 5.69 Å². The number of carboxylic acid groups (broad SMARTS) is 1. The van der Waals surface area contributed by atoms with Gasteiger partial charge in [-0.3, -0.25) is 4.40 Å². The Balaban J connectivity index is 2.35. The van der Waals surface area contributed by atoms with Crippen LogP contribution in [-0.2, 0) is 6.42 Å². The molecule has 0 aliphatic heterocycles.